The van der Waals surface area contributed by atoms with E-state index in [9.17, 15) is 0 Å². The van der Waals surface area contributed by atoms with Crippen molar-refractivity contribution in [3.05, 3.63) is 205 Å². The van der Waals surface area contributed by atoms with Gasteiger partial charge < -0.3 is 4.57 Å². The van der Waals surface area contributed by atoms with Gasteiger partial charge in [0, 0.05) is 49.6 Å². The summed E-state index contributed by atoms with van der Waals surface area (Å²) in [4.78, 5) is 10.7. The number of fused-ring (bicyclic) bond motifs is 10. The highest BCUT2D eigenvalue weighted by atomic mass is 15.1. The molecule has 0 bridgehead atoms. The minimum absolute atomic E-state index is 0.0955. The lowest BCUT2D eigenvalue weighted by molar-refractivity contribution is 0.661. The van der Waals surface area contributed by atoms with Crippen LogP contribution < -0.4 is 0 Å². The topological polar surface area (TPSA) is 35.6 Å². The molecule has 0 N–H and O–H groups in total. The highest BCUT2D eigenvalue weighted by molar-refractivity contribution is 6.18. The first-order valence-corrected chi connectivity index (χ1v) is 20.3. The lowest BCUT2D eigenvalue weighted by Crippen LogP contribution is -2.14. The van der Waals surface area contributed by atoms with Crippen LogP contribution in [0.1, 0.15) is 25.0 Å². The Labute approximate surface area is 342 Å². The zero-order chi connectivity index (χ0) is 39.2. The third-order valence-corrected chi connectivity index (χ3v) is 12.5. The van der Waals surface area contributed by atoms with E-state index in [4.69, 9.17) is 9.97 Å². The Bertz CT molecular complexity index is 3430. The zero-order valence-electron chi connectivity index (χ0n) is 32.8. The van der Waals surface area contributed by atoms with E-state index in [1.807, 2.05) is 18.2 Å². The summed E-state index contributed by atoms with van der Waals surface area (Å²) in [6, 6.07) is 69.8. The van der Waals surface area contributed by atoms with Crippen molar-refractivity contribution >= 4 is 43.7 Å². The standard InChI is InChI=1S/C55H38N4/c1-55(2)45-26-16-15-25-42(45)49-46(55)30-29-41-43-33-37(27-31-47(43)58(52(41)49)39-21-11-5-12-22-39)38-28-32-48-44(34-38)50-51(35-17-7-3-8-18-35)56-53(36-19-9-4-10-20-36)57-54(50)59(48)40-23-13-6-14-24-40/h3-34H,1-2H3. The van der Waals surface area contributed by atoms with Gasteiger partial charge in [0.2, 0.25) is 0 Å². The fourth-order valence-electron chi connectivity index (χ4n) is 9.76. The third-order valence-electron chi connectivity index (χ3n) is 12.5. The molecule has 1 aliphatic carbocycles. The van der Waals surface area contributed by atoms with Gasteiger partial charge in [-0.2, -0.15) is 0 Å². The average molecular weight is 755 g/mol. The van der Waals surface area contributed by atoms with Crippen LogP contribution in [0.15, 0.2) is 194 Å². The fourth-order valence-corrected chi connectivity index (χ4v) is 9.76. The summed E-state index contributed by atoms with van der Waals surface area (Å²) in [6.45, 7) is 4.72. The van der Waals surface area contributed by atoms with Gasteiger partial charge in [-0.15, -0.1) is 0 Å². The van der Waals surface area contributed by atoms with Gasteiger partial charge in [-0.1, -0.05) is 159 Å². The Balaban J connectivity index is 1.14. The minimum atomic E-state index is -0.0955. The van der Waals surface area contributed by atoms with Gasteiger partial charge in [0.25, 0.3) is 0 Å². The number of aromatic nitrogens is 4. The molecule has 12 rings (SSSR count). The highest BCUT2D eigenvalue weighted by Crippen LogP contribution is 2.53. The van der Waals surface area contributed by atoms with Gasteiger partial charge in [-0.3, -0.25) is 4.57 Å². The zero-order valence-corrected chi connectivity index (χ0v) is 32.8. The third kappa shape index (κ3) is 4.96. The Morgan fingerprint density at radius 1 is 0.424 bits per heavy atom. The molecule has 4 heteroatoms. The summed E-state index contributed by atoms with van der Waals surface area (Å²) < 4.78 is 4.78. The summed E-state index contributed by atoms with van der Waals surface area (Å²) in [6.07, 6.45) is 0. The quantitative estimate of drug-likeness (QED) is 0.175. The molecule has 0 saturated carbocycles. The van der Waals surface area contributed by atoms with Crippen molar-refractivity contribution in [2.24, 2.45) is 0 Å². The Kier molecular flexibility index (Phi) is 7.24. The minimum Gasteiger partial charge on any atom is -0.309 e. The summed E-state index contributed by atoms with van der Waals surface area (Å²) in [5.74, 6) is 0.704. The van der Waals surface area contributed by atoms with E-state index in [-0.39, 0.29) is 5.41 Å². The highest BCUT2D eigenvalue weighted by Gasteiger charge is 2.37. The van der Waals surface area contributed by atoms with E-state index in [0.29, 0.717) is 5.82 Å². The number of benzene rings is 8. The normalized spacial score (nSPS) is 13.1. The van der Waals surface area contributed by atoms with Gasteiger partial charge in [0.1, 0.15) is 5.65 Å². The van der Waals surface area contributed by atoms with Gasteiger partial charge in [0.05, 0.1) is 27.6 Å². The number of rotatable bonds is 5. The van der Waals surface area contributed by atoms with Gasteiger partial charge in [-0.05, 0) is 76.3 Å². The smallest absolute Gasteiger partial charge is 0.162 e. The monoisotopic (exact) mass is 754 g/mol. The van der Waals surface area contributed by atoms with Gasteiger partial charge >= 0.3 is 0 Å². The van der Waals surface area contributed by atoms with Crippen molar-refractivity contribution in [1.82, 2.24) is 19.1 Å². The van der Waals surface area contributed by atoms with Crippen LogP contribution in [0.25, 0.3) is 100 Å². The number of hydrogen-bond acceptors (Lipinski definition) is 2. The molecule has 0 radical (unpaired) electrons. The summed E-state index contributed by atoms with van der Waals surface area (Å²) in [7, 11) is 0. The Hall–Kier alpha value is -7.56. The average Bonchev–Trinajstić information content (AvgIpc) is 3.89. The molecule has 0 amide bonds. The SMILES string of the molecule is CC1(C)c2ccccc2-c2c1ccc1c3cc(-c4ccc5c(c4)c4c(-c6ccccc6)nc(-c6ccccc6)nc4n5-c4ccccc4)ccc3n(-c3ccccc3)c21. The second-order valence-electron chi connectivity index (χ2n) is 16.2. The van der Waals surface area contributed by atoms with Crippen LogP contribution in [0.3, 0.4) is 0 Å². The molecule has 59 heavy (non-hydrogen) atoms. The van der Waals surface area contributed by atoms with E-state index in [2.05, 4.69) is 199 Å². The fraction of sp³-hybridized carbons (Fsp3) is 0.0545. The lowest BCUT2D eigenvalue weighted by atomic mass is 9.82. The van der Waals surface area contributed by atoms with Crippen LogP contribution in [0.2, 0.25) is 0 Å². The van der Waals surface area contributed by atoms with Gasteiger partial charge in [-0.25, -0.2) is 9.97 Å². The molecule has 0 saturated heterocycles. The van der Waals surface area contributed by atoms with Crippen molar-refractivity contribution in [2.45, 2.75) is 19.3 Å². The van der Waals surface area contributed by atoms with Crippen LogP contribution >= 0.6 is 0 Å². The van der Waals surface area contributed by atoms with Crippen molar-refractivity contribution in [3.63, 3.8) is 0 Å². The predicted octanol–water partition coefficient (Wildman–Crippen LogP) is 14.0. The predicted molar refractivity (Wildman–Crippen MR) is 245 cm³/mol. The first kappa shape index (κ1) is 33.6. The van der Waals surface area contributed by atoms with Crippen molar-refractivity contribution < 1.29 is 0 Å². The number of para-hydroxylation sites is 2. The van der Waals surface area contributed by atoms with E-state index in [0.717, 1.165) is 61.3 Å². The molecule has 1 aliphatic rings. The van der Waals surface area contributed by atoms with Crippen LogP contribution in [0.4, 0.5) is 0 Å². The van der Waals surface area contributed by atoms with Crippen LogP contribution in [0, 0.1) is 0 Å². The van der Waals surface area contributed by atoms with Gasteiger partial charge in [0.15, 0.2) is 5.82 Å². The maximum absolute atomic E-state index is 5.36. The van der Waals surface area contributed by atoms with Crippen molar-refractivity contribution in [3.8, 4) is 56.3 Å². The van der Waals surface area contributed by atoms with Crippen LogP contribution in [-0.2, 0) is 5.41 Å². The number of hydrogen-bond donors (Lipinski definition) is 0. The Morgan fingerprint density at radius 2 is 0.983 bits per heavy atom. The molecule has 0 unspecified atom stereocenters. The van der Waals surface area contributed by atoms with Crippen LogP contribution in [0.5, 0.6) is 0 Å². The maximum atomic E-state index is 5.36. The van der Waals surface area contributed by atoms with E-state index >= 15 is 0 Å². The second kappa shape index (κ2) is 12.7. The molecule has 3 aromatic heterocycles. The molecule has 4 nitrogen and oxygen atoms in total. The van der Waals surface area contributed by atoms with E-state index in [1.165, 1.54) is 44.1 Å². The van der Waals surface area contributed by atoms with Crippen molar-refractivity contribution in [2.75, 3.05) is 0 Å². The first-order chi connectivity index (χ1) is 29.0. The van der Waals surface area contributed by atoms with Crippen molar-refractivity contribution in [1.29, 1.82) is 0 Å². The molecule has 0 fully saturated rings. The maximum Gasteiger partial charge on any atom is 0.162 e. The van der Waals surface area contributed by atoms with Crippen LogP contribution in [-0.4, -0.2) is 19.1 Å². The Morgan fingerprint density at radius 3 is 1.66 bits per heavy atom. The largest absolute Gasteiger partial charge is 0.309 e. The molecule has 278 valence electrons. The molecular formula is C55H38N4. The van der Waals surface area contributed by atoms with E-state index < -0.39 is 0 Å². The second-order valence-corrected chi connectivity index (χ2v) is 16.2. The molecule has 8 aromatic carbocycles. The molecule has 3 heterocycles. The molecule has 0 spiro atoms. The first-order valence-electron chi connectivity index (χ1n) is 20.3. The molecular weight excluding hydrogens is 717 g/mol. The summed E-state index contributed by atoms with van der Waals surface area (Å²) in [5, 5.41) is 4.64. The lowest BCUT2D eigenvalue weighted by Gasteiger charge is -2.21. The molecule has 0 aliphatic heterocycles. The molecule has 0 atom stereocenters. The summed E-state index contributed by atoms with van der Waals surface area (Å²) >= 11 is 0. The summed E-state index contributed by atoms with van der Waals surface area (Å²) in [5.41, 5.74) is 17.2. The molecule has 11 aromatic rings. The van der Waals surface area contributed by atoms with E-state index in [1.54, 1.807) is 0 Å². The number of nitrogens with zero attached hydrogens (tertiary/aromatic N) is 4.